The molecule has 1 aromatic carbocycles. The number of carboxylic acids is 1. The molecule has 0 saturated carbocycles. The second-order valence-electron chi connectivity index (χ2n) is 4.48. The number of furan rings is 1. The van der Waals surface area contributed by atoms with E-state index in [-0.39, 0.29) is 6.04 Å². The van der Waals surface area contributed by atoms with Crippen LogP contribution in [-0.2, 0) is 9.59 Å². The maximum Gasteiger partial charge on any atom is 0.315 e. The molecule has 5 nitrogen and oxygen atoms in total. The van der Waals surface area contributed by atoms with E-state index in [9.17, 15) is 9.59 Å². The fourth-order valence-electron chi connectivity index (χ4n) is 1.74. The van der Waals surface area contributed by atoms with Gasteiger partial charge in [0.1, 0.15) is 17.3 Å². The average molecular weight is 261 g/mol. The van der Waals surface area contributed by atoms with E-state index in [4.69, 9.17) is 9.52 Å². The number of rotatable bonds is 4. The second kappa shape index (κ2) is 5.14. The molecule has 1 amide bonds. The standard InChI is InChI=1S/C14H15NO4/c1-8(14(17)18)13(16)15-9(2)12-7-10-5-3-4-6-11(10)19-12/h3-9H,1-2H3,(H,15,16)(H,17,18)/t8?,9-/m0/s1. The number of carboxylic acid groups (broad SMARTS) is 1. The normalized spacial score (nSPS) is 14.0. The fourth-order valence-corrected chi connectivity index (χ4v) is 1.74. The molecule has 1 unspecified atom stereocenters. The average Bonchev–Trinajstić information content (AvgIpc) is 2.81. The van der Waals surface area contributed by atoms with Crippen molar-refractivity contribution in [1.29, 1.82) is 0 Å². The molecule has 0 radical (unpaired) electrons. The first-order valence-electron chi connectivity index (χ1n) is 6.00. The van der Waals surface area contributed by atoms with Crippen molar-refractivity contribution in [3.05, 3.63) is 36.1 Å². The summed E-state index contributed by atoms with van der Waals surface area (Å²) in [6.07, 6.45) is 0. The third kappa shape index (κ3) is 2.76. The highest BCUT2D eigenvalue weighted by Gasteiger charge is 2.23. The number of nitrogens with one attached hydrogen (secondary N) is 1. The van der Waals surface area contributed by atoms with Crippen molar-refractivity contribution in [2.45, 2.75) is 19.9 Å². The number of hydrogen-bond donors (Lipinski definition) is 2. The predicted octanol–water partition coefficient (Wildman–Crippen LogP) is 2.33. The largest absolute Gasteiger partial charge is 0.481 e. The monoisotopic (exact) mass is 261 g/mol. The van der Waals surface area contributed by atoms with Crippen LogP contribution < -0.4 is 5.32 Å². The van der Waals surface area contributed by atoms with Gasteiger partial charge in [-0.15, -0.1) is 0 Å². The van der Waals surface area contributed by atoms with Crippen molar-refractivity contribution < 1.29 is 19.1 Å². The molecule has 0 fully saturated rings. The van der Waals surface area contributed by atoms with Crippen LogP contribution in [0, 0.1) is 5.92 Å². The summed E-state index contributed by atoms with van der Waals surface area (Å²) in [7, 11) is 0. The van der Waals surface area contributed by atoms with Gasteiger partial charge in [-0.1, -0.05) is 18.2 Å². The molecule has 2 atom stereocenters. The van der Waals surface area contributed by atoms with Crippen molar-refractivity contribution in [3.63, 3.8) is 0 Å². The quantitative estimate of drug-likeness (QED) is 0.828. The van der Waals surface area contributed by atoms with Gasteiger partial charge in [0.25, 0.3) is 0 Å². The molecule has 2 aromatic rings. The minimum Gasteiger partial charge on any atom is -0.481 e. The number of carbonyl (C=O) groups excluding carboxylic acids is 1. The van der Waals surface area contributed by atoms with E-state index in [0.717, 1.165) is 11.0 Å². The summed E-state index contributed by atoms with van der Waals surface area (Å²) < 4.78 is 5.61. The molecule has 0 aliphatic carbocycles. The molecule has 0 spiro atoms. The summed E-state index contributed by atoms with van der Waals surface area (Å²) in [6.45, 7) is 3.10. The third-order valence-electron chi connectivity index (χ3n) is 2.99. The fraction of sp³-hybridized carbons (Fsp3) is 0.286. The molecule has 100 valence electrons. The Bertz CT molecular complexity index is 584. The zero-order valence-electron chi connectivity index (χ0n) is 10.7. The van der Waals surface area contributed by atoms with Crippen LogP contribution in [0.1, 0.15) is 25.6 Å². The summed E-state index contributed by atoms with van der Waals surface area (Å²) in [5, 5.41) is 12.3. The van der Waals surface area contributed by atoms with Gasteiger partial charge in [0, 0.05) is 5.39 Å². The second-order valence-corrected chi connectivity index (χ2v) is 4.48. The third-order valence-corrected chi connectivity index (χ3v) is 2.99. The Hall–Kier alpha value is -2.30. The lowest BCUT2D eigenvalue weighted by atomic mass is 10.1. The smallest absolute Gasteiger partial charge is 0.315 e. The van der Waals surface area contributed by atoms with Gasteiger partial charge in [0.15, 0.2) is 0 Å². The first-order valence-corrected chi connectivity index (χ1v) is 6.00. The molecule has 1 aromatic heterocycles. The Morgan fingerprint density at radius 1 is 1.26 bits per heavy atom. The highest BCUT2D eigenvalue weighted by atomic mass is 16.4. The van der Waals surface area contributed by atoms with Crippen molar-refractivity contribution in [3.8, 4) is 0 Å². The zero-order valence-corrected chi connectivity index (χ0v) is 10.7. The van der Waals surface area contributed by atoms with Gasteiger partial charge in [0.05, 0.1) is 6.04 Å². The van der Waals surface area contributed by atoms with E-state index in [2.05, 4.69) is 5.32 Å². The van der Waals surface area contributed by atoms with Gasteiger partial charge in [-0.25, -0.2) is 0 Å². The predicted molar refractivity (Wildman–Crippen MR) is 69.6 cm³/mol. The van der Waals surface area contributed by atoms with Crippen molar-refractivity contribution in [2.24, 2.45) is 5.92 Å². The van der Waals surface area contributed by atoms with Gasteiger partial charge in [-0.05, 0) is 26.0 Å². The lowest BCUT2D eigenvalue weighted by Crippen LogP contribution is -2.35. The summed E-state index contributed by atoms with van der Waals surface area (Å²) in [4.78, 5) is 22.4. The zero-order chi connectivity index (χ0) is 14.0. The lowest BCUT2D eigenvalue weighted by Gasteiger charge is -2.13. The van der Waals surface area contributed by atoms with E-state index in [0.29, 0.717) is 5.76 Å². The lowest BCUT2D eigenvalue weighted by molar-refractivity contribution is -0.146. The topological polar surface area (TPSA) is 79.5 Å². The Balaban J connectivity index is 2.13. The first-order chi connectivity index (χ1) is 8.99. The molecule has 2 N–H and O–H groups in total. The Morgan fingerprint density at radius 2 is 1.95 bits per heavy atom. The maximum atomic E-state index is 11.6. The van der Waals surface area contributed by atoms with Gasteiger partial charge >= 0.3 is 5.97 Å². The minimum atomic E-state index is -1.14. The van der Waals surface area contributed by atoms with E-state index in [1.54, 1.807) is 6.92 Å². The number of fused-ring (bicyclic) bond motifs is 1. The Labute approximate surface area is 110 Å². The van der Waals surface area contributed by atoms with Crippen LogP contribution in [0.25, 0.3) is 11.0 Å². The maximum absolute atomic E-state index is 11.6. The molecular formula is C14H15NO4. The SMILES string of the molecule is CC(C(=O)O)C(=O)N[C@@H](C)c1cc2ccccc2o1. The molecule has 1 heterocycles. The molecule has 0 saturated heterocycles. The molecular weight excluding hydrogens is 246 g/mol. The minimum absolute atomic E-state index is 0.373. The van der Waals surface area contributed by atoms with Gasteiger partial charge < -0.3 is 14.8 Å². The van der Waals surface area contributed by atoms with Crippen LogP contribution in [0.3, 0.4) is 0 Å². The molecule has 0 aliphatic heterocycles. The van der Waals surface area contributed by atoms with Crippen LogP contribution in [-0.4, -0.2) is 17.0 Å². The molecule has 2 rings (SSSR count). The van der Waals surface area contributed by atoms with E-state index in [1.807, 2.05) is 30.3 Å². The van der Waals surface area contributed by atoms with Gasteiger partial charge in [-0.3, -0.25) is 9.59 Å². The van der Waals surface area contributed by atoms with Gasteiger partial charge in [-0.2, -0.15) is 0 Å². The number of amides is 1. The number of carbonyl (C=O) groups is 2. The highest BCUT2D eigenvalue weighted by Crippen LogP contribution is 2.23. The van der Waals surface area contributed by atoms with Crippen LogP contribution in [0.5, 0.6) is 0 Å². The molecule has 5 heteroatoms. The highest BCUT2D eigenvalue weighted by molar-refractivity contribution is 5.96. The van der Waals surface area contributed by atoms with E-state index in [1.165, 1.54) is 6.92 Å². The Kier molecular flexibility index (Phi) is 3.55. The van der Waals surface area contributed by atoms with Gasteiger partial charge in [0.2, 0.25) is 5.91 Å². The number of hydrogen-bond acceptors (Lipinski definition) is 3. The summed E-state index contributed by atoms with van der Waals surface area (Å²) in [5.74, 6) is -2.14. The number of aliphatic carboxylic acids is 1. The first kappa shape index (κ1) is 13.1. The molecule has 0 bridgehead atoms. The van der Waals surface area contributed by atoms with Crippen molar-refractivity contribution in [2.75, 3.05) is 0 Å². The van der Waals surface area contributed by atoms with Crippen LogP contribution in [0.4, 0.5) is 0 Å². The van der Waals surface area contributed by atoms with Crippen LogP contribution in [0.15, 0.2) is 34.7 Å². The van der Waals surface area contributed by atoms with Crippen LogP contribution in [0.2, 0.25) is 0 Å². The molecule has 0 aliphatic rings. The number of benzene rings is 1. The molecule has 19 heavy (non-hydrogen) atoms. The summed E-state index contributed by atoms with van der Waals surface area (Å²) in [6, 6.07) is 8.99. The van der Waals surface area contributed by atoms with E-state index < -0.39 is 17.8 Å². The number of para-hydroxylation sites is 1. The van der Waals surface area contributed by atoms with Crippen molar-refractivity contribution >= 4 is 22.8 Å². The van der Waals surface area contributed by atoms with E-state index >= 15 is 0 Å². The Morgan fingerprint density at radius 3 is 2.58 bits per heavy atom. The summed E-state index contributed by atoms with van der Waals surface area (Å²) in [5.41, 5.74) is 0.741. The van der Waals surface area contributed by atoms with Crippen molar-refractivity contribution in [1.82, 2.24) is 5.32 Å². The van der Waals surface area contributed by atoms with Crippen LogP contribution >= 0.6 is 0 Å². The summed E-state index contributed by atoms with van der Waals surface area (Å²) >= 11 is 0.